The van der Waals surface area contributed by atoms with E-state index in [0.29, 0.717) is 30.5 Å². The number of hydrogen-bond acceptors (Lipinski definition) is 5. The number of non-ortho nitro benzene ring substituents is 1. The predicted molar refractivity (Wildman–Crippen MR) is 109 cm³/mol. The van der Waals surface area contributed by atoms with E-state index in [4.69, 9.17) is 10.5 Å². The minimum atomic E-state index is -0.509. The summed E-state index contributed by atoms with van der Waals surface area (Å²) < 4.78 is 5.83. The van der Waals surface area contributed by atoms with E-state index < -0.39 is 4.92 Å². The highest BCUT2D eigenvalue weighted by Crippen LogP contribution is 2.31. The van der Waals surface area contributed by atoms with Crippen molar-refractivity contribution >= 4 is 24.0 Å². The molecule has 2 N–H and O–H groups in total. The average molecular weight is 406 g/mol. The van der Waals surface area contributed by atoms with Gasteiger partial charge in [-0.3, -0.25) is 14.9 Å². The third-order valence-corrected chi connectivity index (χ3v) is 4.95. The lowest BCUT2D eigenvalue weighted by Crippen LogP contribution is -2.42. The van der Waals surface area contributed by atoms with Crippen molar-refractivity contribution in [2.24, 2.45) is 11.7 Å². The molecule has 2 aromatic rings. The molecule has 0 saturated carbocycles. The van der Waals surface area contributed by atoms with Crippen molar-refractivity contribution in [2.75, 3.05) is 13.1 Å². The number of piperidine rings is 1. The highest BCUT2D eigenvalue weighted by atomic mass is 35.5. The van der Waals surface area contributed by atoms with E-state index in [2.05, 4.69) is 0 Å². The normalized spacial score (nSPS) is 15.4. The molecule has 1 heterocycles. The highest BCUT2D eigenvalue weighted by molar-refractivity contribution is 5.97. The van der Waals surface area contributed by atoms with Crippen molar-refractivity contribution in [2.45, 2.75) is 25.8 Å². The second-order valence-electron chi connectivity index (χ2n) is 6.84. The fourth-order valence-corrected chi connectivity index (χ4v) is 3.30. The fraction of sp³-hybridized carbons (Fsp3) is 0.350. The minimum Gasteiger partial charge on any atom is -0.457 e. The number of nitrogens with two attached hydrogens (primary N) is 1. The van der Waals surface area contributed by atoms with E-state index in [1.807, 2.05) is 25.1 Å². The van der Waals surface area contributed by atoms with Crippen LogP contribution in [-0.4, -0.2) is 34.9 Å². The van der Waals surface area contributed by atoms with Gasteiger partial charge in [-0.05, 0) is 43.9 Å². The molecule has 28 heavy (non-hydrogen) atoms. The first-order valence-corrected chi connectivity index (χ1v) is 9.02. The summed E-state index contributed by atoms with van der Waals surface area (Å²) in [6.07, 6.45) is 1.65. The Morgan fingerprint density at radius 1 is 1.21 bits per heavy atom. The summed E-state index contributed by atoms with van der Waals surface area (Å²) in [4.78, 5) is 25.4. The van der Waals surface area contributed by atoms with Crippen LogP contribution in [0.5, 0.6) is 11.5 Å². The fourth-order valence-electron chi connectivity index (χ4n) is 3.30. The molecule has 7 nitrogen and oxygen atoms in total. The van der Waals surface area contributed by atoms with Gasteiger partial charge in [0, 0.05) is 31.3 Å². The Kier molecular flexibility index (Phi) is 7.37. The number of nitro benzene ring substituents is 1. The van der Waals surface area contributed by atoms with Gasteiger partial charge in [-0.2, -0.15) is 0 Å². The van der Waals surface area contributed by atoms with Crippen molar-refractivity contribution in [1.82, 2.24) is 4.90 Å². The number of hydrogen-bond donors (Lipinski definition) is 1. The maximum Gasteiger partial charge on any atom is 0.270 e. The number of nitrogens with zero attached hydrogens (tertiary/aromatic N) is 2. The van der Waals surface area contributed by atoms with Crippen LogP contribution < -0.4 is 10.5 Å². The highest BCUT2D eigenvalue weighted by Gasteiger charge is 2.28. The van der Waals surface area contributed by atoms with Gasteiger partial charge in [0.05, 0.1) is 10.5 Å². The second-order valence-corrected chi connectivity index (χ2v) is 6.84. The van der Waals surface area contributed by atoms with Gasteiger partial charge in [0.15, 0.2) is 0 Å². The molecule has 0 spiro atoms. The lowest BCUT2D eigenvalue weighted by atomic mass is 9.90. The predicted octanol–water partition coefficient (Wildman–Crippen LogP) is 4.01. The quantitative estimate of drug-likeness (QED) is 0.598. The molecule has 1 unspecified atom stereocenters. The number of rotatable bonds is 5. The number of halogens is 1. The number of carbonyl (C=O) groups excluding carboxylic acids is 1. The number of nitro groups is 1. The topological polar surface area (TPSA) is 98.7 Å². The van der Waals surface area contributed by atoms with Gasteiger partial charge in [-0.1, -0.05) is 18.2 Å². The molecular formula is C20H24ClN3O4. The van der Waals surface area contributed by atoms with Gasteiger partial charge in [-0.25, -0.2) is 0 Å². The smallest absolute Gasteiger partial charge is 0.270 e. The first-order chi connectivity index (χ1) is 13.0. The number of carbonyl (C=O) groups is 1. The summed E-state index contributed by atoms with van der Waals surface area (Å²) in [6.45, 7) is 3.14. The Labute approximate surface area is 170 Å². The molecule has 8 heteroatoms. The Balaban J connectivity index is 0.00000280. The number of para-hydroxylation sites is 1. The Hall–Kier alpha value is -2.64. The summed E-state index contributed by atoms with van der Waals surface area (Å²) in [7, 11) is 0. The van der Waals surface area contributed by atoms with Crippen molar-refractivity contribution in [1.29, 1.82) is 0 Å². The molecule has 2 aromatic carbocycles. The summed E-state index contributed by atoms with van der Waals surface area (Å²) in [5, 5.41) is 11.2. The molecule has 0 aliphatic carbocycles. The van der Waals surface area contributed by atoms with E-state index in [1.54, 1.807) is 17.0 Å². The van der Waals surface area contributed by atoms with Crippen LogP contribution >= 0.6 is 12.4 Å². The molecule has 3 rings (SSSR count). The first kappa shape index (κ1) is 21.7. The van der Waals surface area contributed by atoms with Crippen LogP contribution in [0.15, 0.2) is 48.5 Å². The van der Waals surface area contributed by atoms with Crippen LogP contribution in [0.25, 0.3) is 0 Å². The number of amides is 1. The van der Waals surface area contributed by atoms with Crippen LogP contribution in [0.3, 0.4) is 0 Å². The molecule has 0 radical (unpaired) electrons. The summed E-state index contributed by atoms with van der Waals surface area (Å²) in [5.41, 5.74) is 6.03. The van der Waals surface area contributed by atoms with Gasteiger partial charge < -0.3 is 15.4 Å². The molecule has 1 saturated heterocycles. The third-order valence-electron chi connectivity index (χ3n) is 4.95. The van der Waals surface area contributed by atoms with Gasteiger partial charge in [0.1, 0.15) is 11.5 Å². The second kappa shape index (κ2) is 9.52. The molecule has 150 valence electrons. The van der Waals surface area contributed by atoms with E-state index in [0.717, 1.165) is 12.8 Å². The van der Waals surface area contributed by atoms with Gasteiger partial charge in [0.2, 0.25) is 0 Å². The molecule has 0 bridgehead atoms. The zero-order chi connectivity index (χ0) is 19.4. The van der Waals surface area contributed by atoms with Crippen molar-refractivity contribution in [3.8, 4) is 11.5 Å². The van der Waals surface area contributed by atoms with Crippen molar-refractivity contribution in [3.05, 3.63) is 64.2 Å². The summed E-state index contributed by atoms with van der Waals surface area (Å²) >= 11 is 0. The maximum atomic E-state index is 13.1. The summed E-state index contributed by atoms with van der Waals surface area (Å²) in [5.74, 6) is 1.01. The molecular weight excluding hydrogens is 382 g/mol. The minimum absolute atomic E-state index is 0. The zero-order valence-corrected chi connectivity index (χ0v) is 16.4. The number of benzene rings is 2. The van der Waals surface area contributed by atoms with Gasteiger partial charge in [-0.15, -0.1) is 12.4 Å². The molecule has 1 amide bonds. The maximum absolute atomic E-state index is 13.1. The standard InChI is InChI=1S/C20H23N3O4.ClH/c1-14(21)15-9-11-22(12-10-15)20(24)18-13-16(23(25)26)7-8-19(18)27-17-5-3-2-4-6-17;/h2-8,13-15H,9-12,21H2,1H3;1H. The van der Waals surface area contributed by atoms with Gasteiger partial charge >= 0.3 is 0 Å². The number of ether oxygens (including phenoxy) is 1. The molecule has 0 aromatic heterocycles. The van der Waals surface area contributed by atoms with E-state index >= 15 is 0 Å². The van der Waals surface area contributed by atoms with E-state index in [1.165, 1.54) is 18.2 Å². The van der Waals surface area contributed by atoms with Crippen LogP contribution in [0.4, 0.5) is 5.69 Å². The van der Waals surface area contributed by atoms with E-state index in [9.17, 15) is 14.9 Å². The lowest BCUT2D eigenvalue weighted by molar-refractivity contribution is -0.384. The van der Waals surface area contributed by atoms with Crippen molar-refractivity contribution in [3.63, 3.8) is 0 Å². The zero-order valence-electron chi connectivity index (χ0n) is 15.6. The Morgan fingerprint density at radius 2 is 1.86 bits per heavy atom. The Morgan fingerprint density at radius 3 is 2.43 bits per heavy atom. The largest absolute Gasteiger partial charge is 0.457 e. The van der Waals surface area contributed by atoms with Crippen LogP contribution in [0.1, 0.15) is 30.1 Å². The Bertz CT molecular complexity index is 821. The number of likely N-dealkylation sites (tertiary alicyclic amines) is 1. The SMILES string of the molecule is CC(N)C1CCN(C(=O)c2cc([N+](=O)[O-])ccc2Oc2ccccc2)CC1.Cl. The van der Waals surface area contributed by atoms with Gasteiger partial charge in [0.25, 0.3) is 11.6 Å². The first-order valence-electron chi connectivity index (χ1n) is 9.02. The molecule has 1 fully saturated rings. The third kappa shape index (κ3) is 4.99. The monoisotopic (exact) mass is 405 g/mol. The molecule has 1 aliphatic heterocycles. The lowest BCUT2D eigenvalue weighted by Gasteiger charge is -2.34. The van der Waals surface area contributed by atoms with E-state index in [-0.39, 0.29) is 35.6 Å². The summed E-state index contributed by atoms with van der Waals surface area (Å²) in [6, 6.07) is 13.2. The van der Waals surface area contributed by atoms with Crippen LogP contribution in [0.2, 0.25) is 0 Å². The molecule has 1 atom stereocenters. The van der Waals surface area contributed by atoms with Crippen molar-refractivity contribution < 1.29 is 14.5 Å². The average Bonchev–Trinajstić information content (AvgIpc) is 2.68. The van der Waals surface area contributed by atoms with Crippen LogP contribution in [-0.2, 0) is 0 Å². The molecule has 1 aliphatic rings. The van der Waals surface area contributed by atoms with Crippen LogP contribution in [0, 0.1) is 16.0 Å².